The van der Waals surface area contributed by atoms with Crippen LogP contribution < -0.4 is 5.32 Å². The van der Waals surface area contributed by atoms with Crippen molar-refractivity contribution in [3.8, 4) is 0 Å². The largest absolute Gasteiger partial charge is 0.361 e. The van der Waals surface area contributed by atoms with Crippen molar-refractivity contribution in [1.82, 2.24) is 10.2 Å². The summed E-state index contributed by atoms with van der Waals surface area (Å²) in [6, 6.07) is 0.999. The first-order valence-corrected chi connectivity index (χ1v) is 7.57. The predicted octanol–water partition coefficient (Wildman–Crippen LogP) is 2.43. The quantitative estimate of drug-likeness (QED) is 0.820. The van der Waals surface area contributed by atoms with Gasteiger partial charge in [-0.3, -0.25) is 4.99 Å². The van der Waals surface area contributed by atoms with Gasteiger partial charge in [-0.25, -0.2) is 0 Å². The van der Waals surface area contributed by atoms with Crippen molar-refractivity contribution >= 4 is 16.9 Å². The third-order valence-corrected chi connectivity index (χ3v) is 3.72. The van der Waals surface area contributed by atoms with E-state index in [2.05, 4.69) is 50.1 Å². The van der Waals surface area contributed by atoms with Crippen LogP contribution in [-0.2, 0) is 0 Å². The second-order valence-electron chi connectivity index (χ2n) is 5.65. The van der Waals surface area contributed by atoms with Gasteiger partial charge in [0.2, 0.25) is 0 Å². The third-order valence-electron chi connectivity index (χ3n) is 2.78. The summed E-state index contributed by atoms with van der Waals surface area (Å²) in [5.74, 6) is 1.92. The summed E-state index contributed by atoms with van der Waals surface area (Å²) in [5.41, 5.74) is 0. The highest BCUT2D eigenvalue weighted by atomic mass is 32.2. The van der Waals surface area contributed by atoms with Crippen LogP contribution in [0, 0.1) is 5.92 Å². The number of hydrogen-bond donors (Lipinski definition) is 1. The maximum Gasteiger partial charge on any atom is 0.157 e. The van der Waals surface area contributed by atoms with E-state index in [1.807, 2.05) is 11.8 Å². The maximum absolute atomic E-state index is 4.69. The van der Waals surface area contributed by atoms with Crippen LogP contribution >= 0.6 is 11.8 Å². The first-order chi connectivity index (χ1) is 7.97. The minimum Gasteiger partial charge on any atom is -0.361 e. The number of amidine groups is 1. The van der Waals surface area contributed by atoms with Crippen molar-refractivity contribution in [2.75, 3.05) is 26.4 Å². The highest BCUT2D eigenvalue weighted by Gasteiger charge is 2.17. The van der Waals surface area contributed by atoms with E-state index in [9.17, 15) is 0 Å². The van der Waals surface area contributed by atoms with E-state index in [4.69, 9.17) is 0 Å². The summed E-state index contributed by atoms with van der Waals surface area (Å²) in [6.45, 7) is 7.84. The molecule has 17 heavy (non-hydrogen) atoms. The summed E-state index contributed by atoms with van der Waals surface area (Å²) in [4.78, 5) is 6.93. The summed E-state index contributed by atoms with van der Waals surface area (Å²) in [5, 5.41) is 4.77. The fraction of sp³-hybridized carbons (Fsp3) is 0.923. The second kappa shape index (κ2) is 7.27. The molecule has 0 radical (unpaired) electrons. The zero-order valence-corrected chi connectivity index (χ0v) is 12.7. The van der Waals surface area contributed by atoms with Gasteiger partial charge in [0.1, 0.15) is 0 Å². The molecule has 0 spiro atoms. The monoisotopic (exact) mass is 257 g/mol. The van der Waals surface area contributed by atoms with Crippen LogP contribution in [0.2, 0.25) is 0 Å². The summed E-state index contributed by atoms with van der Waals surface area (Å²) in [7, 11) is 4.26. The Balaban J connectivity index is 2.52. The van der Waals surface area contributed by atoms with Crippen molar-refractivity contribution < 1.29 is 0 Å². The topological polar surface area (TPSA) is 27.6 Å². The molecule has 0 aromatic carbocycles. The van der Waals surface area contributed by atoms with Crippen LogP contribution in [-0.4, -0.2) is 48.5 Å². The van der Waals surface area contributed by atoms with Gasteiger partial charge in [-0.1, -0.05) is 25.6 Å². The van der Waals surface area contributed by atoms with Crippen LogP contribution in [0.1, 0.15) is 33.6 Å². The zero-order chi connectivity index (χ0) is 12.8. The van der Waals surface area contributed by atoms with E-state index in [1.54, 1.807) is 0 Å². The molecule has 1 heterocycles. The molecular weight excluding hydrogens is 230 g/mol. The Hall–Kier alpha value is -0.220. The molecule has 0 fully saturated rings. The second-order valence-corrected chi connectivity index (χ2v) is 6.74. The van der Waals surface area contributed by atoms with E-state index in [0.717, 1.165) is 17.6 Å². The molecule has 0 amide bonds. The molecule has 4 heteroatoms. The van der Waals surface area contributed by atoms with Crippen molar-refractivity contribution in [1.29, 1.82) is 0 Å². The molecule has 1 aliphatic heterocycles. The van der Waals surface area contributed by atoms with Gasteiger partial charge in [-0.2, -0.15) is 0 Å². The van der Waals surface area contributed by atoms with Gasteiger partial charge in [0, 0.05) is 18.3 Å². The number of nitrogens with zero attached hydrogens (tertiary/aromatic N) is 2. The molecule has 1 rings (SSSR count). The lowest BCUT2D eigenvalue weighted by atomic mass is 10.0. The minimum atomic E-state index is 0.484. The Kier molecular flexibility index (Phi) is 6.34. The smallest absolute Gasteiger partial charge is 0.157 e. The third kappa shape index (κ3) is 6.32. The van der Waals surface area contributed by atoms with Gasteiger partial charge in [0.25, 0.3) is 0 Å². The Morgan fingerprint density at radius 2 is 2.18 bits per heavy atom. The number of rotatable bonds is 5. The number of likely N-dealkylation sites (N-methyl/N-ethyl adjacent to an activating group) is 1. The molecule has 1 N–H and O–H groups in total. The fourth-order valence-electron chi connectivity index (χ4n) is 2.07. The minimum absolute atomic E-state index is 0.484. The van der Waals surface area contributed by atoms with E-state index in [-0.39, 0.29) is 0 Å². The highest BCUT2D eigenvalue weighted by Crippen LogP contribution is 2.17. The molecule has 0 aromatic rings. The molecule has 0 saturated carbocycles. The average Bonchev–Trinajstić information content (AvgIpc) is 2.14. The predicted molar refractivity (Wildman–Crippen MR) is 78.9 cm³/mol. The first kappa shape index (κ1) is 14.8. The van der Waals surface area contributed by atoms with Gasteiger partial charge in [-0.15, -0.1) is 0 Å². The number of aliphatic imine (C=N–C) groups is 1. The van der Waals surface area contributed by atoms with Gasteiger partial charge in [0.05, 0.1) is 6.04 Å². The molecule has 2 atom stereocenters. The standard InChI is InChI=1S/C13H27N3S/c1-10(2)8-12(9-16(4)5)15-13-14-11(3)6-7-17-13/h10-12H,6-9H2,1-5H3,(H,14,15). The Bertz CT molecular complexity index is 241. The summed E-state index contributed by atoms with van der Waals surface area (Å²) in [6.07, 6.45) is 2.41. The molecule has 2 unspecified atom stereocenters. The Labute approximate surface area is 110 Å². The van der Waals surface area contributed by atoms with E-state index < -0.39 is 0 Å². The zero-order valence-electron chi connectivity index (χ0n) is 11.9. The van der Waals surface area contributed by atoms with Gasteiger partial charge in [-0.05, 0) is 39.8 Å². The van der Waals surface area contributed by atoms with Crippen LogP contribution in [0.3, 0.4) is 0 Å². The average molecular weight is 257 g/mol. The van der Waals surface area contributed by atoms with Crippen LogP contribution in [0.4, 0.5) is 0 Å². The van der Waals surface area contributed by atoms with Crippen molar-refractivity contribution in [3.05, 3.63) is 0 Å². The van der Waals surface area contributed by atoms with Crippen LogP contribution in [0.15, 0.2) is 4.99 Å². The summed E-state index contributed by atoms with van der Waals surface area (Å²) >= 11 is 1.87. The van der Waals surface area contributed by atoms with E-state index >= 15 is 0 Å². The number of hydrogen-bond acceptors (Lipinski definition) is 4. The van der Waals surface area contributed by atoms with E-state index in [1.165, 1.54) is 18.6 Å². The lowest BCUT2D eigenvalue weighted by molar-refractivity contribution is 0.328. The molecule has 100 valence electrons. The molecule has 1 aliphatic rings. The Morgan fingerprint density at radius 1 is 1.47 bits per heavy atom. The maximum atomic E-state index is 4.69. The van der Waals surface area contributed by atoms with Crippen molar-refractivity contribution in [3.63, 3.8) is 0 Å². The molecule has 0 bridgehead atoms. The lowest BCUT2D eigenvalue weighted by Crippen LogP contribution is -2.42. The highest BCUT2D eigenvalue weighted by molar-refractivity contribution is 8.13. The van der Waals surface area contributed by atoms with Gasteiger partial charge < -0.3 is 10.2 Å². The molecule has 0 aromatic heterocycles. The molecule has 0 saturated heterocycles. The van der Waals surface area contributed by atoms with Crippen molar-refractivity contribution in [2.45, 2.75) is 45.7 Å². The Morgan fingerprint density at radius 3 is 2.71 bits per heavy atom. The van der Waals surface area contributed by atoms with Gasteiger partial charge >= 0.3 is 0 Å². The van der Waals surface area contributed by atoms with E-state index in [0.29, 0.717) is 12.1 Å². The van der Waals surface area contributed by atoms with Crippen LogP contribution in [0.5, 0.6) is 0 Å². The molecule has 0 aliphatic carbocycles. The fourth-order valence-corrected chi connectivity index (χ4v) is 3.23. The SMILES string of the molecule is CC(C)CC(CN(C)C)NC1=NC(C)CCS1. The number of thioether (sulfide) groups is 1. The first-order valence-electron chi connectivity index (χ1n) is 6.59. The normalized spacial score (nSPS) is 22.8. The van der Waals surface area contributed by atoms with Crippen LogP contribution in [0.25, 0.3) is 0 Å². The summed E-state index contributed by atoms with van der Waals surface area (Å²) < 4.78 is 0. The van der Waals surface area contributed by atoms with Crippen molar-refractivity contribution in [2.24, 2.45) is 10.9 Å². The lowest BCUT2D eigenvalue weighted by Gasteiger charge is -2.27. The van der Waals surface area contributed by atoms with Gasteiger partial charge in [0.15, 0.2) is 5.17 Å². The molecular formula is C13H27N3S. The molecule has 3 nitrogen and oxygen atoms in total. The number of nitrogens with one attached hydrogen (secondary N) is 1.